The van der Waals surface area contributed by atoms with Gasteiger partial charge in [-0.15, -0.1) is 0 Å². The molecule has 1 aromatic carbocycles. The van der Waals surface area contributed by atoms with Crippen molar-refractivity contribution >= 4 is 33.9 Å². The zero-order valence-corrected chi connectivity index (χ0v) is 23.9. The molecule has 2 unspecified atom stereocenters. The maximum Gasteiger partial charge on any atom is 0.407 e. The van der Waals surface area contributed by atoms with Gasteiger partial charge in [0.1, 0.15) is 17.2 Å². The van der Waals surface area contributed by atoms with E-state index in [-0.39, 0.29) is 25.3 Å². The topological polar surface area (TPSA) is 162 Å². The molecule has 1 aromatic rings. The molecule has 2 heterocycles. The summed E-state index contributed by atoms with van der Waals surface area (Å²) in [5.74, 6) is -3.73. The van der Waals surface area contributed by atoms with E-state index in [4.69, 9.17) is 4.74 Å². The van der Waals surface area contributed by atoms with Crippen molar-refractivity contribution in [3.8, 4) is 0 Å². The Morgan fingerprint density at radius 2 is 1.73 bits per heavy atom. The molecule has 1 saturated carbocycles. The number of benzene rings is 1. The number of piperidine rings is 1. The molecule has 2 aliphatic heterocycles. The molecule has 4 rings (SSSR count). The maximum absolute atomic E-state index is 14.1. The highest BCUT2D eigenvalue weighted by atomic mass is 32.2. The van der Waals surface area contributed by atoms with Gasteiger partial charge in [-0.25, -0.2) is 18.0 Å². The minimum absolute atomic E-state index is 0.0673. The number of rotatable bonds is 8. The smallest absolute Gasteiger partial charge is 0.407 e. The normalized spacial score (nSPS) is 26.7. The van der Waals surface area contributed by atoms with E-state index >= 15 is 0 Å². The van der Waals surface area contributed by atoms with Crippen LogP contribution in [0.15, 0.2) is 30.3 Å². The van der Waals surface area contributed by atoms with Crippen molar-refractivity contribution in [3.63, 3.8) is 0 Å². The number of carboxylic acids is 1. The highest BCUT2D eigenvalue weighted by Crippen LogP contribution is 2.48. The second kappa shape index (κ2) is 11.4. The largest absolute Gasteiger partial charge is 0.480 e. The summed E-state index contributed by atoms with van der Waals surface area (Å²) in [5.41, 5.74) is -2.07. The molecule has 13 heteroatoms. The van der Waals surface area contributed by atoms with E-state index in [2.05, 4.69) is 10.0 Å². The fourth-order valence-electron chi connectivity index (χ4n) is 5.53. The summed E-state index contributed by atoms with van der Waals surface area (Å²) in [6.07, 6.45) is 1.73. The lowest BCUT2D eigenvalue weighted by molar-refractivity contribution is -0.149. The van der Waals surface area contributed by atoms with Crippen molar-refractivity contribution in [2.24, 2.45) is 5.92 Å². The molecule has 4 atom stereocenters. The van der Waals surface area contributed by atoms with E-state index < -0.39 is 62.9 Å². The van der Waals surface area contributed by atoms with Gasteiger partial charge in [0.15, 0.2) is 0 Å². The maximum atomic E-state index is 14.1. The van der Waals surface area contributed by atoms with Crippen molar-refractivity contribution in [2.75, 3.05) is 19.6 Å². The van der Waals surface area contributed by atoms with Gasteiger partial charge in [-0.2, -0.15) is 4.72 Å². The molecule has 220 valence electrons. The summed E-state index contributed by atoms with van der Waals surface area (Å²) < 4.78 is 34.3. The zero-order chi connectivity index (χ0) is 29.3. The number of nitrogens with zero attached hydrogens (tertiary/aromatic N) is 2. The van der Waals surface area contributed by atoms with Crippen molar-refractivity contribution in [1.29, 1.82) is 0 Å². The summed E-state index contributed by atoms with van der Waals surface area (Å²) in [5, 5.41) is 12.5. The van der Waals surface area contributed by atoms with Crippen molar-refractivity contribution in [1.82, 2.24) is 19.8 Å². The summed E-state index contributed by atoms with van der Waals surface area (Å²) >= 11 is 0. The molecule has 3 N–H and O–H groups in total. The summed E-state index contributed by atoms with van der Waals surface area (Å²) in [4.78, 5) is 54.7. The van der Waals surface area contributed by atoms with Crippen LogP contribution in [0.1, 0.15) is 58.4 Å². The van der Waals surface area contributed by atoms with Gasteiger partial charge in [-0.1, -0.05) is 30.3 Å². The number of nitrogens with one attached hydrogen (secondary N) is 2. The van der Waals surface area contributed by atoms with Crippen LogP contribution in [0, 0.1) is 5.92 Å². The van der Waals surface area contributed by atoms with Crippen molar-refractivity contribution in [3.05, 3.63) is 35.9 Å². The molecule has 2 saturated heterocycles. The number of carbonyl (C=O) groups is 4. The second-order valence-electron chi connectivity index (χ2n) is 11.9. The van der Waals surface area contributed by atoms with Gasteiger partial charge in [-0.3, -0.25) is 9.59 Å². The van der Waals surface area contributed by atoms with Crippen molar-refractivity contribution < 1.29 is 37.4 Å². The fraction of sp³-hybridized carbons (Fsp3) is 0.630. The monoisotopic (exact) mass is 578 g/mol. The van der Waals surface area contributed by atoms with Crippen LogP contribution >= 0.6 is 0 Å². The molecule has 40 heavy (non-hydrogen) atoms. The Balaban J connectivity index is 1.58. The zero-order valence-electron chi connectivity index (χ0n) is 23.1. The highest BCUT2D eigenvalue weighted by molar-refractivity contribution is 7.88. The Morgan fingerprint density at radius 1 is 1.07 bits per heavy atom. The lowest BCUT2D eigenvalue weighted by Gasteiger charge is -2.30. The van der Waals surface area contributed by atoms with Crippen LogP contribution in [-0.2, 0) is 34.9 Å². The van der Waals surface area contributed by atoms with Gasteiger partial charge in [0.25, 0.3) is 0 Å². The predicted octanol–water partition coefficient (Wildman–Crippen LogP) is 1.46. The van der Waals surface area contributed by atoms with E-state index in [1.807, 2.05) is 0 Å². The number of hydrogen-bond donors (Lipinski definition) is 3. The Bertz CT molecular complexity index is 1240. The first kappa shape index (κ1) is 29.8. The van der Waals surface area contributed by atoms with Crippen LogP contribution in [-0.4, -0.2) is 90.1 Å². The number of aliphatic carboxylic acids is 1. The molecule has 0 radical (unpaired) electrons. The molecule has 0 spiro atoms. The van der Waals surface area contributed by atoms with Gasteiger partial charge in [0.05, 0.1) is 17.7 Å². The van der Waals surface area contributed by atoms with Gasteiger partial charge in [-0.05, 0) is 52.0 Å². The Labute approximate surface area is 234 Å². The summed E-state index contributed by atoms with van der Waals surface area (Å²) in [7, 11) is -4.10. The van der Waals surface area contributed by atoms with Crippen LogP contribution in [0.4, 0.5) is 4.79 Å². The first-order valence-electron chi connectivity index (χ1n) is 13.6. The van der Waals surface area contributed by atoms with E-state index in [9.17, 15) is 32.7 Å². The molecular weight excluding hydrogens is 540 g/mol. The van der Waals surface area contributed by atoms with Crippen LogP contribution in [0.2, 0.25) is 0 Å². The number of carbonyl (C=O) groups excluding carboxylic acids is 3. The van der Waals surface area contributed by atoms with Gasteiger partial charge < -0.3 is 25.0 Å². The van der Waals surface area contributed by atoms with Gasteiger partial charge in [0.2, 0.25) is 21.8 Å². The molecular formula is C27H38N4O8S. The first-order chi connectivity index (χ1) is 18.7. The average molecular weight is 579 g/mol. The lowest BCUT2D eigenvalue weighted by atomic mass is 10.1. The molecule has 0 aromatic heterocycles. The van der Waals surface area contributed by atoms with E-state index in [1.165, 1.54) is 0 Å². The van der Waals surface area contributed by atoms with Crippen molar-refractivity contribution in [2.45, 2.75) is 81.9 Å². The lowest BCUT2D eigenvalue weighted by Crippen LogP contribution is -2.56. The van der Waals surface area contributed by atoms with Crippen LogP contribution in [0.5, 0.6) is 0 Å². The first-order valence-corrected chi connectivity index (χ1v) is 15.2. The predicted molar refractivity (Wildman–Crippen MR) is 144 cm³/mol. The standard InChI is InChI=1S/C27H38N4O8S/c1-26(2,3)39-25(36)28-19-14-21(23(33)34)31(16-19)24(35)27(15-20(27)22(32)30-12-8-5-9-13-30)29-40(37,38)17-18-10-6-4-7-11-18/h4,6-7,10-11,19-21,29H,5,8-9,12-17H2,1-3H3,(H,28,36)(H,33,34)/t19-,20-,21?,27?/m1/s1. The highest BCUT2D eigenvalue weighted by Gasteiger charge is 2.68. The second-order valence-corrected chi connectivity index (χ2v) is 13.6. The van der Waals surface area contributed by atoms with E-state index in [0.717, 1.165) is 24.2 Å². The minimum atomic E-state index is -4.10. The molecule has 3 aliphatic rings. The summed E-state index contributed by atoms with van der Waals surface area (Å²) in [6.45, 7) is 5.96. The minimum Gasteiger partial charge on any atom is -0.480 e. The quantitative estimate of drug-likeness (QED) is 0.418. The Hall–Kier alpha value is -3.19. The number of amides is 3. The van der Waals surface area contributed by atoms with Gasteiger partial charge in [0, 0.05) is 26.1 Å². The fourth-order valence-corrected chi connectivity index (χ4v) is 7.10. The number of hydrogen-bond acceptors (Lipinski definition) is 7. The van der Waals surface area contributed by atoms with Crippen LogP contribution in [0.3, 0.4) is 0 Å². The number of likely N-dealkylation sites (tertiary alicyclic amines) is 2. The van der Waals surface area contributed by atoms with Crippen LogP contribution in [0.25, 0.3) is 0 Å². The Morgan fingerprint density at radius 3 is 2.33 bits per heavy atom. The Kier molecular flexibility index (Phi) is 8.46. The van der Waals surface area contributed by atoms with Gasteiger partial charge >= 0.3 is 12.1 Å². The number of ether oxygens (including phenoxy) is 1. The van der Waals surface area contributed by atoms with E-state index in [1.54, 1.807) is 56.0 Å². The third-order valence-corrected chi connectivity index (χ3v) is 8.80. The molecule has 12 nitrogen and oxygen atoms in total. The third kappa shape index (κ3) is 6.92. The number of alkyl carbamates (subject to hydrolysis) is 1. The van der Waals surface area contributed by atoms with E-state index in [0.29, 0.717) is 18.7 Å². The summed E-state index contributed by atoms with van der Waals surface area (Å²) in [6, 6.07) is 6.40. The molecule has 0 bridgehead atoms. The molecule has 3 fully saturated rings. The van der Waals surface area contributed by atoms with Crippen LogP contribution < -0.4 is 10.0 Å². The number of carboxylic acid groups (broad SMARTS) is 1. The third-order valence-electron chi connectivity index (χ3n) is 7.41. The average Bonchev–Trinajstić information content (AvgIpc) is 3.42. The molecule has 1 aliphatic carbocycles. The molecule has 3 amide bonds. The number of sulfonamides is 1. The SMILES string of the molecule is CC(C)(C)OC(=O)N[C@@H]1CC(C(=O)O)N(C(=O)C2(NS(=O)(=O)Cc3ccccc3)C[C@@H]2C(=O)N2CCCCC2)C1.